The summed E-state index contributed by atoms with van der Waals surface area (Å²) in [5, 5.41) is 5.69. The van der Waals surface area contributed by atoms with E-state index >= 15 is 0 Å². The predicted molar refractivity (Wildman–Crippen MR) is 116 cm³/mol. The van der Waals surface area contributed by atoms with E-state index in [0.29, 0.717) is 22.6 Å². The van der Waals surface area contributed by atoms with Crippen LogP contribution in [0.3, 0.4) is 0 Å². The van der Waals surface area contributed by atoms with Gasteiger partial charge in [0.05, 0.1) is 31.2 Å². The van der Waals surface area contributed by atoms with Gasteiger partial charge in [0, 0.05) is 5.56 Å². The second kappa shape index (κ2) is 9.31. The summed E-state index contributed by atoms with van der Waals surface area (Å²) >= 11 is 0. The minimum atomic E-state index is -0.295. The quantitative estimate of drug-likeness (QED) is 0.585. The van der Waals surface area contributed by atoms with Crippen molar-refractivity contribution in [2.45, 2.75) is 33.2 Å². The highest BCUT2D eigenvalue weighted by Gasteiger charge is 2.18. The molecule has 0 saturated carbocycles. The van der Waals surface area contributed by atoms with Crippen LogP contribution in [0.4, 0.5) is 5.69 Å². The first-order valence-corrected chi connectivity index (χ1v) is 9.80. The topological polar surface area (TPSA) is 80.6 Å². The van der Waals surface area contributed by atoms with E-state index in [-0.39, 0.29) is 24.3 Å². The fourth-order valence-corrected chi connectivity index (χ4v) is 3.23. The first-order chi connectivity index (χ1) is 14.4. The largest absolute Gasteiger partial charge is 0.496 e. The van der Waals surface area contributed by atoms with E-state index in [2.05, 4.69) is 10.6 Å². The molecule has 0 aliphatic heterocycles. The number of nitrogens with one attached hydrogen (secondary N) is 2. The molecule has 0 fully saturated rings. The van der Waals surface area contributed by atoms with E-state index in [1.165, 1.54) is 0 Å². The van der Waals surface area contributed by atoms with E-state index in [4.69, 9.17) is 9.15 Å². The normalized spacial score (nSPS) is 10.7. The second-order valence-electron chi connectivity index (χ2n) is 7.33. The average Bonchev–Trinajstić information content (AvgIpc) is 3.25. The van der Waals surface area contributed by atoms with Crippen molar-refractivity contribution in [3.05, 3.63) is 82.8 Å². The average molecular weight is 406 g/mol. The van der Waals surface area contributed by atoms with Crippen LogP contribution >= 0.6 is 0 Å². The first-order valence-electron chi connectivity index (χ1n) is 9.80. The van der Waals surface area contributed by atoms with Gasteiger partial charge in [-0.2, -0.15) is 0 Å². The van der Waals surface area contributed by atoms with Gasteiger partial charge >= 0.3 is 0 Å². The molecule has 156 valence electrons. The highest BCUT2D eigenvalue weighted by molar-refractivity contribution is 6.09. The molecule has 30 heavy (non-hydrogen) atoms. The van der Waals surface area contributed by atoms with E-state index in [9.17, 15) is 9.59 Å². The van der Waals surface area contributed by atoms with Gasteiger partial charge < -0.3 is 19.8 Å². The van der Waals surface area contributed by atoms with Crippen LogP contribution in [-0.4, -0.2) is 18.9 Å². The lowest BCUT2D eigenvalue weighted by Gasteiger charge is -2.17. The van der Waals surface area contributed by atoms with Gasteiger partial charge in [0.2, 0.25) is 0 Å². The van der Waals surface area contributed by atoms with E-state index in [1.54, 1.807) is 49.8 Å². The molecule has 0 unspecified atom stereocenters. The van der Waals surface area contributed by atoms with Crippen molar-refractivity contribution < 1.29 is 18.7 Å². The molecule has 2 amide bonds. The summed E-state index contributed by atoms with van der Waals surface area (Å²) < 4.78 is 10.7. The van der Waals surface area contributed by atoms with Crippen LogP contribution in [0.15, 0.2) is 59.2 Å². The molecule has 1 aromatic heterocycles. The van der Waals surface area contributed by atoms with E-state index in [1.807, 2.05) is 32.9 Å². The standard InChI is InChI=1S/C24H26N2O4/c1-15(2)19-13-20(16(3)12-22(19)29-4)24(28)26-21-10-6-5-9-18(21)23(27)25-14-17-8-7-11-30-17/h5-13,15H,14H2,1-4H3,(H,25,27)(H,26,28). The molecular formula is C24H26N2O4. The van der Waals surface area contributed by atoms with E-state index < -0.39 is 0 Å². The van der Waals surface area contributed by atoms with Gasteiger partial charge in [-0.05, 0) is 60.4 Å². The molecule has 0 bridgehead atoms. The molecule has 6 nitrogen and oxygen atoms in total. The fraction of sp³-hybridized carbons (Fsp3) is 0.250. The summed E-state index contributed by atoms with van der Waals surface area (Å²) in [6.45, 7) is 6.23. The van der Waals surface area contributed by atoms with Crippen molar-refractivity contribution in [1.29, 1.82) is 0 Å². The summed E-state index contributed by atoms with van der Waals surface area (Å²) in [5.41, 5.74) is 3.13. The number of carbonyl (C=O) groups is 2. The Balaban J connectivity index is 1.82. The molecule has 0 aliphatic carbocycles. The summed E-state index contributed by atoms with van der Waals surface area (Å²) in [4.78, 5) is 25.7. The third-order valence-electron chi connectivity index (χ3n) is 4.87. The Kier molecular flexibility index (Phi) is 6.57. The third kappa shape index (κ3) is 4.71. The highest BCUT2D eigenvalue weighted by atomic mass is 16.5. The molecule has 3 aromatic rings. The summed E-state index contributed by atoms with van der Waals surface area (Å²) in [5.74, 6) is 1.04. The molecule has 2 N–H and O–H groups in total. The lowest BCUT2D eigenvalue weighted by Crippen LogP contribution is -2.25. The van der Waals surface area contributed by atoms with Crippen molar-refractivity contribution in [3.63, 3.8) is 0 Å². The Labute approximate surface area is 176 Å². The number of furan rings is 1. The Bertz CT molecular complexity index is 1040. The smallest absolute Gasteiger partial charge is 0.255 e. The van der Waals surface area contributed by atoms with Crippen molar-refractivity contribution in [2.75, 3.05) is 12.4 Å². The third-order valence-corrected chi connectivity index (χ3v) is 4.87. The Morgan fingerprint density at radius 3 is 2.47 bits per heavy atom. The Morgan fingerprint density at radius 1 is 1.03 bits per heavy atom. The van der Waals surface area contributed by atoms with Crippen molar-refractivity contribution in [1.82, 2.24) is 5.32 Å². The van der Waals surface area contributed by atoms with Crippen LogP contribution < -0.4 is 15.4 Å². The van der Waals surface area contributed by atoms with Crippen LogP contribution in [0.2, 0.25) is 0 Å². The maximum Gasteiger partial charge on any atom is 0.255 e. The highest BCUT2D eigenvalue weighted by Crippen LogP contribution is 2.30. The van der Waals surface area contributed by atoms with Crippen LogP contribution in [0.5, 0.6) is 5.75 Å². The molecule has 0 aliphatic rings. The maximum absolute atomic E-state index is 13.0. The zero-order chi connectivity index (χ0) is 21.7. The molecule has 0 spiro atoms. The predicted octanol–water partition coefficient (Wildman–Crippen LogP) is 4.90. The number of para-hydroxylation sites is 1. The van der Waals surface area contributed by atoms with Crippen LogP contribution in [-0.2, 0) is 6.54 Å². The Hall–Kier alpha value is -3.54. The molecule has 0 saturated heterocycles. The van der Waals surface area contributed by atoms with Gasteiger partial charge in [-0.1, -0.05) is 26.0 Å². The summed E-state index contributed by atoms with van der Waals surface area (Å²) in [6, 6.07) is 14.2. The van der Waals surface area contributed by atoms with Crippen molar-refractivity contribution in [3.8, 4) is 5.75 Å². The number of benzene rings is 2. The number of hydrogen-bond acceptors (Lipinski definition) is 4. The molecule has 0 atom stereocenters. The van der Waals surface area contributed by atoms with Crippen molar-refractivity contribution in [2.24, 2.45) is 0 Å². The van der Waals surface area contributed by atoms with Crippen LogP contribution in [0.25, 0.3) is 0 Å². The second-order valence-corrected chi connectivity index (χ2v) is 7.33. The van der Waals surface area contributed by atoms with Gasteiger partial charge in [0.15, 0.2) is 0 Å². The first kappa shape index (κ1) is 21.2. The zero-order valence-electron chi connectivity index (χ0n) is 17.6. The maximum atomic E-state index is 13.0. The SMILES string of the molecule is COc1cc(C)c(C(=O)Nc2ccccc2C(=O)NCc2ccco2)cc1C(C)C. The lowest BCUT2D eigenvalue weighted by atomic mass is 9.96. The monoisotopic (exact) mass is 406 g/mol. The van der Waals surface area contributed by atoms with Gasteiger partial charge in [-0.25, -0.2) is 0 Å². The number of amides is 2. The molecule has 1 heterocycles. The number of anilines is 1. The summed E-state index contributed by atoms with van der Waals surface area (Å²) in [6.07, 6.45) is 1.55. The van der Waals surface area contributed by atoms with Crippen LogP contribution in [0, 0.1) is 6.92 Å². The molecule has 3 rings (SSSR count). The number of rotatable bonds is 7. The summed E-state index contributed by atoms with van der Waals surface area (Å²) in [7, 11) is 1.62. The number of aryl methyl sites for hydroxylation is 1. The number of ether oxygens (including phenoxy) is 1. The van der Waals surface area contributed by atoms with Gasteiger partial charge in [-0.15, -0.1) is 0 Å². The Morgan fingerprint density at radius 2 is 1.80 bits per heavy atom. The number of methoxy groups -OCH3 is 1. The minimum absolute atomic E-state index is 0.201. The number of carbonyl (C=O) groups excluding carboxylic acids is 2. The minimum Gasteiger partial charge on any atom is -0.496 e. The zero-order valence-corrected chi connectivity index (χ0v) is 17.6. The van der Waals surface area contributed by atoms with Crippen LogP contribution in [0.1, 0.15) is 57.4 Å². The molecule has 0 radical (unpaired) electrons. The van der Waals surface area contributed by atoms with Gasteiger partial charge in [0.1, 0.15) is 11.5 Å². The molecule has 2 aromatic carbocycles. The lowest BCUT2D eigenvalue weighted by molar-refractivity contribution is 0.0949. The molecule has 6 heteroatoms. The van der Waals surface area contributed by atoms with Gasteiger partial charge in [-0.3, -0.25) is 9.59 Å². The number of hydrogen-bond donors (Lipinski definition) is 2. The van der Waals surface area contributed by atoms with E-state index in [0.717, 1.165) is 16.9 Å². The van der Waals surface area contributed by atoms with Gasteiger partial charge in [0.25, 0.3) is 11.8 Å². The van der Waals surface area contributed by atoms with Crippen molar-refractivity contribution >= 4 is 17.5 Å². The fourth-order valence-electron chi connectivity index (χ4n) is 3.23. The molecular weight excluding hydrogens is 380 g/mol.